The van der Waals surface area contributed by atoms with Crippen molar-refractivity contribution in [2.45, 2.75) is 6.61 Å². The van der Waals surface area contributed by atoms with Crippen molar-refractivity contribution in [2.24, 2.45) is 0 Å². The van der Waals surface area contributed by atoms with Gasteiger partial charge in [-0.3, -0.25) is 4.79 Å². The molecule has 1 aliphatic rings. The molecule has 88 valence electrons. The molecule has 2 rings (SSSR count). The molecule has 1 fully saturated rings. The van der Waals surface area contributed by atoms with Crippen LogP contribution in [0.2, 0.25) is 0 Å². The Balaban J connectivity index is 2.01. The van der Waals surface area contributed by atoms with Crippen molar-refractivity contribution in [1.29, 1.82) is 0 Å². The van der Waals surface area contributed by atoms with Crippen LogP contribution in [0, 0.1) is 0 Å². The van der Waals surface area contributed by atoms with Crippen LogP contribution in [0.25, 0.3) is 0 Å². The molecule has 1 aromatic heterocycles. The van der Waals surface area contributed by atoms with Gasteiger partial charge in [-0.05, 0) is 0 Å². The molecular weight excluding hydrogens is 226 g/mol. The van der Waals surface area contributed by atoms with E-state index in [9.17, 15) is 4.79 Å². The fourth-order valence-electron chi connectivity index (χ4n) is 1.63. The summed E-state index contributed by atoms with van der Waals surface area (Å²) in [7, 11) is 1.62. The Labute approximate surface area is 98.4 Å². The molecule has 16 heavy (non-hydrogen) atoms. The van der Waals surface area contributed by atoms with Crippen LogP contribution in [0.5, 0.6) is 0 Å². The van der Waals surface area contributed by atoms with Gasteiger partial charge in [0.2, 0.25) is 0 Å². The number of nitrogens with one attached hydrogen (secondary N) is 1. The van der Waals surface area contributed by atoms with Crippen molar-refractivity contribution in [3.63, 3.8) is 0 Å². The minimum atomic E-state index is 0.0279. The Bertz CT molecular complexity index is 361. The second kappa shape index (κ2) is 5.38. The smallest absolute Gasteiger partial charge is 0.273 e. The summed E-state index contributed by atoms with van der Waals surface area (Å²) in [5.74, 6) is 0.0279. The highest BCUT2D eigenvalue weighted by Crippen LogP contribution is 2.13. The third kappa shape index (κ3) is 2.58. The van der Waals surface area contributed by atoms with E-state index in [1.54, 1.807) is 12.5 Å². The minimum Gasteiger partial charge on any atom is -0.378 e. The van der Waals surface area contributed by atoms with E-state index in [-0.39, 0.29) is 5.91 Å². The fourth-order valence-corrected chi connectivity index (χ4v) is 2.37. The maximum Gasteiger partial charge on any atom is 0.273 e. The highest BCUT2D eigenvalue weighted by Gasteiger charge is 2.20. The molecule has 1 aromatic rings. The summed E-state index contributed by atoms with van der Waals surface area (Å²) in [4.78, 5) is 18.1. The first kappa shape index (κ1) is 11.5. The number of carbonyl (C=O) groups excluding carboxylic acids is 1. The number of rotatable bonds is 3. The maximum atomic E-state index is 12.0. The molecular formula is C10H15N3O2S. The van der Waals surface area contributed by atoms with Gasteiger partial charge >= 0.3 is 0 Å². The quantitative estimate of drug-likeness (QED) is 0.829. The summed E-state index contributed by atoms with van der Waals surface area (Å²) in [6.45, 7) is 3.72. The van der Waals surface area contributed by atoms with Gasteiger partial charge in [0, 0.05) is 38.7 Å². The van der Waals surface area contributed by atoms with Crippen LogP contribution in [-0.4, -0.2) is 49.1 Å². The van der Waals surface area contributed by atoms with Gasteiger partial charge in [-0.25, -0.2) is 4.98 Å². The van der Waals surface area contributed by atoms with Crippen LogP contribution < -0.4 is 5.32 Å². The van der Waals surface area contributed by atoms with Crippen LogP contribution in [0.1, 0.15) is 15.5 Å². The highest BCUT2D eigenvalue weighted by molar-refractivity contribution is 7.09. The Kier molecular flexibility index (Phi) is 3.87. The predicted octanol–water partition coefficient (Wildman–Crippen LogP) is 0.335. The molecule has 0 aliphatic carbocycles. The van der Waals surface area contributed by atoms with E-state index < -0.39 is 0 Å². The molecule has 0 saturated carbocycles. The number of thiazole rings is 1. The molecule has 5 nitrogen and oxygen atoms in total. The number of aromatic nitrogens is 1. The Morgan fingerprint density at radius 2 is 2.38 bits per heavy atom. The molecule has 0 unspecified atom stereocenters. The summed E-state index contributed by atoms with van der Waals surface area (Å²) >= 11 is 1.47. The minimum absolute atomic E-state index is 0.0279. The number of amides is 1. The molecule has 0 bridgehead atoms. The fraction of sp³-hybridized carbons (Fsp3) is 0.600. The number of methoxy groups -OCH3 is 1. The van der Waals surface area contributed by atoms with Crippen molar-refractivity contribution < 1.29 is 9.53 Å². The number of hydrogen-bond acceptors (Lipinski definition) is 5. The van der Waals surface area contributed by atoms with Crippen LogP contribution >= 0.6 is 11.3 Å². The second-order valence-electron chi connectivity index (χ2n) is 3.60. The molecule has 0 aromatic carbocycles. The molecule has 2 heterocycles. The highest BCUT2D eigenvalue weighted by atomic mass is 32.1. The lowest BCUT2D eigenvalue weighted by Gasteiger charge is -2.26. The zero-order chi connectivity index (χ0) is 11.4. The first-order valence-corrected chi connectivity index (χ1v) is 6.12. The standard InChI is InChI=1S/C10H15N3O2S/c1-15-6-9-12-8(7-16-9)10(14)13-4-2-11-3-5-13/h7,11H,2-6H2,1H3. The first-order valence-electron chi connectivity index (χ1n) is 5.24. The normalized spacial score (nSPS) is 16.4. The molecule has 0 atom stereocenters. The van der Waals surface area contributed by atoms with Crippen LogP contribution in [0.4, 0.5) is 0 Å². The predicted molar refractivity (Wildman–Crippen MR) is 61.6 cm³/mol. The van der Waals surface area contributed by atoms with Crippen LogP contribution in [0.3, 0.4) is 0 Å². The van der Waals surface area contributed by atoms with Gasteiger partial charge in [0.25, 0.3) is 5.91 Å². The summed E-state index contributed by atoms with van der Waals surface area (Å²) < 4.78 is 4.98. The van der Waals surface area contributed by atoms with Crippen LogP contribution in [-0.2, 0) is 11.3 Å². The van der Waals surface area contributed by atoms with Gasteiger partial charge in [-0.1, -0.05) is 0 Å². The summed E-state index contributed by atoms with van der Waals surface area (Å²) in [6, 6.07) is 0. The third-order valence-corrected chi connectivity index (χ3v) is 3.27. The van der Waals surface area contributed by atoms with E-state index in [1.807, 2.05) is 4.90 Å². The van der Waals surface area contributed by atoms with Crippen molar-refractivity contribution in [1.82, 2.24) is 15.2 Å². The van der Waals surface area contributed by atoms with Crippen molar-refractivity contribution in [3.8, 4) is 0 Å². The lowest BCUT2D eigenvalue weighted by molar-refractivity contribution is 0.0730. The largest absolute Gasteiger partial charge is 0.378 e. The first-order chi connectivity index (χ1) is 7.81. The molecule has 1 N–H and O–H groups in total. The van der Waals surface area contributed by atoms with E-state index >= 15 is 0 Å². The molecule has 1 amide bonds. The number of carbonyl (C=O) groups is 1. The van der Waals surface area contributed by atoms with Crippen LogP contribution in [0.15, 0.2) is 5.38 Å². The number of piperazine rings is 1. The molecule has 6 heteroatoms. The second-order valence-corrected chi connectivity index (χ2v) is 4.54. The Morgan fingerprint density at radius 3 is 3.06 bits per heavy atom. The average molecular weight is 241 g/mol. The molecule has 0 radical (unpaired) electrons. The monoisotopic (exact) mass is 241 g/mol. The zero-order valence-electron chi connectivity index (χ0n) is 9.23. The van der Waals surface area contributed by atoms with Gasteiger partial charge in [0.1, 0.15) is 10.7 Å². The molecule has 1 saturated heterocycles. The molecule has 1 aliphatic heterocycles. The summed E-state index contributed by atoms with van der Waals surface area (Å²) in [5.41, 5.74) is 0.541. The van der Waals surface area contributed by atoms with Gasteiger partial charge in [-0.2, -0.15) is 0 Å². The number of hydrogen-bond donors (Lipinski definition) is 1. The van der Waals surface area contributed by atoms with Gasteiger partial charge in [-0.15, -0.1) is 11.3 Å². The van der Waals surface area contributed by atoms with Crippen molar-refractivity contribution in [3.05, 3.63) is 16.1 Å². The van der Waals surface area contributed by atoms with Crippen molar-refractivity contribution >= 4 is 17.2 Å². The summed E-state index contributed by atoms with van der Waals surface area (Å²) in [5, 5.41) is 5.87. The lowest BCUT2D eigenvalue weighted by Crippen LogP contribution is -2.46. The Hall–Kier alpha value is -0.980. The lowest BCUT2D eigenvalue weighted by atomic mass is 10.3. The summed E-state index contributed by atoms with van der Waals surface area (Å²) in [6.07, 6.45) is 0. The number of nitrogens with zero attached hydrogens (tertiary/aromatic N) is 2. The zero-order valence-corrected chi connectivity index (χ0v) is 10.0. The van der Waals surface area contributed by atoms with E-state index in [2.05, 4.69) is 10.3 Å². The van der Waals surface area contributed by atoms with Crippen molar-refractivity contribution in [2.75, 3.05) is 33.3 Å². The van der Waals surface area contributed by atoms with E-state index in [1.165, 1.54) is 11.3 Å². The molecule has 0 spiro atoms. The maximum absolute atomic E-state index is 12.0. The van der Waals surface area contributed by atoms with Gasteiger partial charge in [0.15, 0.2) is 0 Å². The average Bonchev–Trinajstić information content (AvgIpc) is 2.78. The van der Waals surface area contributed by atoms with E-state index in [4.69, 9.17) is 4.74 Å². The number of ether oxygens (including phenoxy) is 1. The van der Waals surface area contributed by atoms with Gasteiger partial charge in [0.05, 0.1) is 6.61 Å². The Morgan fingerprint density at radius 1 is 1.62 bits per heavy atom. The SMILES string of the molecule is COCc1nc(C(=O)N2CCNCC2)cs1. The van der Waals surface area contributed by atoms with E-state index in [0.717, 1.165) is 31.2 Å². The topological polar surface area (TPSA) is 54.5 Å². The van der Waals surface area contributed by atoms with E-state index in [0.29, 0.717) is 12.3 Å². The van der Waals surface area contributed by atoms with Gasteiger partial charge < -0.3 is 15.0 Å². The third-order valence-electron chi connectivity index (χ3n) is 2.44.